The minimum atomic E-state index is -6.17. The van der Waals surface area contributed by atoms with Gasteiger partial charge in [-0.1, -0.05) is 6.07 Å². The van der Waals surface area contributed by atoms with E-state index in [2.05, 4.69) is 4.74 Å². The van der Waals surface area contributed by atoms with Crippen molar-refractivity contribution in [3.8, 4) is 11.5 Å². The van der Waals surface area contributed by atoms with E-state index in [1.165, 1.54) is 19.1 Å². The lowest BCUT2D eigenvalue weighted by Gasteiger charge is -2.19. The zero-order valence-corrected chi connectivity index (χ0v) is 21.1. The van der Waals surface area contributed by atoms with Gasteiger partial charge in [0.1, 0.15) is 16.9 Å². The number of phenols is 1. The third kappa shape index (κ3) is 6.03. The van der Waals surface area contributed by atoms with Gasteiger partial charge in [0.15, 0.2) is 16.7 Å². The maximum absolute atomic E-state index is 13.3. The van der Waals surface area contributed by atoms with Gasteiger partial charge in [0.2, 0.25) is 5.75 Å². The van der Waals surface area contributed by atoms with E-state index < -0.39 is 61.6 Å². The largest absolute Gasteiger partial charge is 0.743 e. The zero-order chi connectivity index (χ0) is 25.3. The van der Waals surface area contributed by atoms with Crippen LogP contribution in [0.15, 0.2) is 24.3 Å². The van der Waals surface area contributed by atoms with Gasteiger partial charge in [-0.2, -0.15) is 8.78 Å². The average Bonchev–Trinajstić information content (AvgIpc) is 2.69. The predicted octanol–water partition coefficient (Wildman–Crippen LogP) is 3.33. The van der Waals surface area contributed by atoms with Crippen LogP contribution in [0.2, 0.25) is 0 Å². The van der Waals surface area contributed by atoms with Crippen molar-refractivity contribution in [1.82, 2.24) is 0 Å². The number of esters is 2. The molecular weight excluding hydrogens is 702 g/mol. The maximum Gasteiger partial charge on any atom is 0.367 e. The molecule has 0 radical (unpaired) electrons. The Hall–Kier alpha value is -2.19. The van der Waals surface area contributed by atoms with Gasteiger partial charge < -0.3 is 19.1 Å². The number of carbonyl (C=O) groups excluding carboxylic acids is 2. The number of carbonyl (C=O) groups is 2. The molecule has 0 bridgehead atoms. The number of hydrogen-bond donors (Lipinski definition) is 1. The summed E-state index contributed by atoms with van der Waals surface area (Å²) in [4.78, 5) is 35.2. The first-order valence-corrected chi connectivity index (χ1v) is 11.8. The van der Waals surface area contributed by atoms with Crippen LogP contribution in [-0.4, -0.2) is 46.8 Å². The molecule has 16 heteroatoms. The van der Waals surface area contributed by atoms with Gasteiger partial charge in [0.05, 0.1) is 8.49 Å². The highest BCUT2D eigenvalue weighted by Gasteiger charge is 2.40. The highest BCUT2D eigenvalue weighted by Crippen LogP contribution is 2.37. The summed E-state index contributed by atoms with van der Waals surface area (Å²) in [6, 6.07) is 4.66. The Kier molecular flexibility index (Phi) is 8.18. The second-order valence-electron chi connectivity index (χ2n) is 6.21. The van der Waals surface area contributed by atoms with Crippen molar-refractivity contribution < 1.29 is 50.8 Å². The maximum atomic E-state index is 13.3. The predicted molar refractivity (Wildman–Crippen MR) is 121 cm³/mol. The van der Waals surface area contributed by atoms with Gasteiger partial charge in [-0.05, 0) is 75.9 Å². The molecule has 1 N–H and O–H groups in total. The van der Waals surface area contributed by atoms with Crippen molar-refractivity contribution in [3.63, 3.8) is 0 Å². The molecule has 0 aromatic heterocycles. The Morgan fingerprint density at radius 3 is 2.33 bits per heavy atom. The summed E-state index contributed by atoms with van der Waals surface area (Å²) in [5, 5.41) is 16.7. The number of ether oxygens (including phenoxy) is 2. The number of halogens is 4. The van der Waals surface area contributed by atoms with Crippen molar-refractivity contribution in [2.75, 3.05) is 6.61 Å². The lowest BCUT2D eigenvalue weighted by Crippen LogP contribution is -2.34. The summed E-state index contributed by atoms with van der Waals surface area (Å²) in [5.41, 5.74) is -2.44. The molecule has 2 rings (SSSR count). The summed E-state index contributed by atoms with van der Waals surface area (Å²) in [7, 11) is -6.17. The quantitative estimate of drug-likeness (QED) is 0.112. The van der Waals surface area contributed by atoms with Gasteiger partial charge in [0, 0.05) is 3.57 Å². The van der Waals surface area contributed by atoms with E-state index in [-0.39, 0.29) is 14.7 Å². The van der Waals surface area contributed by atoms with Crippen LogP contribution in [0.1, 0.15) is 26.3 Å². The zero-order valence-electron chi connectivity index (χ0n) is 16.0. The highest BCUT2D eigenvalue weighted by molar-refractivity contribution is 14.1. The summed E-state index contributed by atoms with van der Waals surface area (Å²) < 4.78 is 68.1. The normalized spacial score (nSPS) is 11.7. The molecule has 0 saturated carbocycles. The third-order valence-corrected chi connectivity index (χ3v) is 6.21. The number of benzene rings is 2. The lowest BCUT2D eigenvalue weighted by molar-refractivity contribution is -0.386. The summed E-state index contributed by atoms with van der Waals surface area (Å²) in [6.07, 6.45) is 0. The van der Waals surface area contributed by atoms with Crippen molar-refractivity contribution in [2.45, 2.75) is 12.2 Å². The molecule has 2 aromatic carbocycles. The van der Waals surface area contributed by atoms with Gasteiger partial charge in [-0.3, -0.25) is 10.1 Å². The lowest BCUT2D eigenvalue weighted by atomic mass is 10.1. The molecule has 0 heterocycles. The van der Waals surface area contributed by atoms with Crippen LogP contribution in [0, 0.1) is 24.2 Å². The monoisotopic (exact) mass is 712 g/mol. The smallest absolute Gasteiger partial charge is 0.367 e. The fraction of sp³-hybridized carbons (Fsp3) is 0.176. The number of aromatic hydroxyl groups is 1. The van der Waals surface area contributed by atoms with Crippen LogP contribution in [0.5, 0.6) is 11.5 Å². The standard InChI is InChI=1S/C17H11F2I2NO10S/c1-7-2-3-9(15(24)31-6-17(18,19)33(28,29)30)12(22(26)27)14(7)32-16(25)10-4-8(20)5-11(21)13(10)23/h2-5,23H,6H2,1H3,(H,28,29,30)/p-1. The number of alkyl halides is 2. The van der Waals surface area contributed by atoms with Gasteiger partial charge in [-0.15, -0.1) is 0 Å². The first-order valence-electron chi connectivity index (χ1n) is 8.25. The molecule has 33 heavy (non-hydrogen) atoms. The van der Waals surface area contributed by atoms with Crippen LogP contribution in [0.25, 0.3) is 0 Å². The second kappa shape index (κ2) is 9.97. The number of nitro benzene ring substituents is 1. The third-order valence-electron chi connectivity index (χ3n) is 3.91. The highest BCUT2D eigenvalue weighted by atomic mass is 127. The van der Waals surface area contributed by atoms with Crippen LogP contribution in [-0.2, 0) is 14.9 Å². The molecule has 0 aliphatic heterocycles. The van der Waals surface area contributed by atoms with E-state index in [0.29, 0.717) is 3.57 Å². The number of nitrogens with zero attached hydrogens (tertiary/aromatic N) is 1. The Balaban J connectivity index is 2.48. The molecule has 0 aliphatic rings. The number of aryl methyl sites for hydroxylation is 1. The SMILES string of the molecule is Cc1ccc(C(=O)OCC(F)(F)S(=O)(=O)[O-])c([N+](=O)[O-])c1OC(=O)c1cc(I)cc(I)c1O. The molecule has 0 atom stereocenters. The Morgan fingerprint density at radius 1 is 1.18 bits per heavy atom. The van der Waals surface area contributed by atoms with E-state index >= 15 is 0 Å². The van der Waals surface area contributed by atoms with Crippen LogP contribution in [0.3, 0.4) is 0 Å². The van der Waals surface area contributed by atoms with E-state index in [1.807, 2.05) is 22.6 Å². The van der Waals surface area contributed by atoms with Crippen molar-refractivity contribution in [1.29, 1.82) is 0 Å². The van der Waals surface area contributed by atoms with Crippen molar-refractivity contribution in [3.05, 3.63) is 58.2 Å². The van der Waals surface area contributed by atoms with E-state index in [9.17, 15) is 46.6 Å². The molecule has 0 spiro atoms. The Morgan fingerprint density at radius 2 is 1.79 bits per heavy atom. The summed E-state index contributed by atoms with van der Waals surface area (Å²) in [6.45, 7) is -0.909. The summed E-state index contributed by atoms with van der Waals surface area (Å²) >= 11 is 3.59. The molecule has 2 aromatic rings. The van der Waals surface area contributed by atoms with Crippen LogP contribution in [0.4, 0.5) is 14.5 Å². The molecule has 178 valence electrons. The van der Waals surface area contributed by atoms with Gasteiger partial charge in [-0.25, -0.2) is 18.0 Å². The van der Waals surface area contributed by atoms with Crippen LogP contribution >= 0.6 is 45.2 Å². The number of nitro groups is 1. The number of rotatable bonds is 7. The molecular formula is C17H10F2I2NO10S-. The number of hydrogen-bond acceptors (Lipinski definition) is 10. The molecule has 11 nitrogen and oxygen atoms in total. The summed E-state index contributed by atoms with van der Waals surface area (Å²) in [5.74, 6) is -4.19. The van der Waals surface area contributed by atoms with E-state index in [0.717, 1.165) is 12.1 Å². The molecule has 0 unspecified atom stereocenters. The fourth-order valence-corrected chi connectivity index (χ4v) is 4.36. The van der Waals surface area contributed by atoms with Gasteiger partial charge in [0.25, 0.3) is 0 Å². The average molecular weight is 712 g/mol. The fourth-order valence-electron chi connectivity index (χ4n) is 2.32. The number of phenolic OH excluding ortho intramolecular Hbond substituents is 1. The molecule has 0 amide bonds. The molecule has 0 fully saturated rings. The Bertz CT molecular complexity index is 1270. The van der Waals surface area contributed by atoms with Crippen LogP contribution < -0.4 is 4.74 Å². The van der Waals surface area contributed by atoms with E-state index in [4.69, 9.17) is 4.74 Å². The van der Waals surface area contributed by atoms with Crippen molar-refractivity contribution >= 4 is 72.9 Å². The minimum Gasteiger partial charge on any atom is -0.743 e. The molecule has 0 saturated heterocycles. The van der Waals surface area contributed by atoms with Gasteiger partial charge >= 0.3 is 22.9 Å². The minimum absolute atomic E-state index is 0.0149. The second-order valence-corrected chi connectivity index (χ2v) is 10.1. The Labute approximate surface area is 211 Å². The first kappa shape index (κ1) is 27.1. The van der Waals surface area contributed by atoms with Crippen molar-refractivity contribution in [2.24, 2.45) is 0 Å². The first-order chi connectivity index (χ1) is 15.1. The topological polar surface area (TPSA) is 173 Å². The van der Waals surface area contributed by atoms with E-state index in [1.54, 1.807) is 22.6 Å². The molecule has 0 aliphatic carbocycles.